The van der Waals surface area contributed by atoms with Crippen molar-refractivity contribution < 1.29 is 4.43 Å². The third kappa shape index (κ3) is 11.7. The van der Waals surface area contributed by atoms with Gasteiger partial charge in [0.2, 0.25) is 0 Å². The zero-order valence-electron chi connectivity index (χ0n) is 19.2. The van der Waals surface area contributed by atoms with Crippen molar-refractivity contribution in [1.82, 2.24) is 4.98 Å². The van der Waals surface area contributed by atoms with E-state index in [2.05, 4.69) is 56.8 Å². The van der Waals surface area contributed by atoms with E-state index in [1.165, 1.54) is 56.9 Å². The molecule has 0 aliphatic heterocycles. The van der Waals surface area contributed by atoms with Crippen LogP contribution in [0.1, 0.15) is 90.5 Å². The summed E-state index contributed by atoms with van der Waals surface area (Å²) in [5, 5.41) is 0.330. The van der Waals surface area contributed by atoms with Crippen LogP contribution in [0.15, 0.2) is 24.5 Å². The number of rotatable bonds is 13. The molecule has 0 saturated heterocycles. The van der Waals surface area contributed by atoms with Crippen LogP contribution < -0.4 is 0 Å². The van der Waals surface area contributed by atoms with Gasteiger partial charge in [0.25, 0.3) is 0 Å². The van der Waals surface area contributed by atoms with Gasteiger partial charge in [0.05, 0.1) is 0 Å². The largest absolute Gasteiger partial charge is 0.417 e. The van der Waals surface area contributed by atoms with Crippen LogP contribution in [-0.4, -0.2) is 19.9 Å². The van der Waals surface area contributed by atoms with Gasteiger partial charge in [-0.05, 0) is 49.0 Å². The van der Waals surface area contributed by atoms with Gasteiger partial charge in [0.1, 0.15) is 0 Å². The number of unbranched alkanes of at least 4 members (excludes halogenated alkanes) is 8. The molecule has 0 spiro atoms. The number of pyridine rings is 1. The number of hydrogen-bond acceptors (Lipinski definition) is 2. The van der Waals surface area contributed by atoms with Gasteiger partial charge in [-0.25, -0.2) is 0 Å². The van der Waals surface area contributed by atoms with Gasteiger partial charge >= 0.3 is 0 Å². The van der Waals surface area contributed by atoms with Crippen molar-refractivity contribution >= 4 is 8.32 Å². The van der Waals surface area contributed by atoms with E-state index in [0.29, 0.717) is 5.04 Å². The van der Waals surface area contributed by atoms with Crippen molar-refractivity contribution in [3.8, 4) is 11.8 Å². The molecular weight excluding hydrogens is 358 g/mol. The van der Waals surface area contributed by atoms with Crippen molar-refractivity contribution in [3.63, 3.8) is 0 Å². The highest BCUT2D eigenvalue weighted by Crippen LogP contribution is 2.36. The molecule has 1 heterocycles. The number of aromatic nitrogens is 1. The molecule has 0 fully saturated rings. The molecule has 3 heteroatoms. The van der Waals surface area contributed by atoms with Crippen LogP contribution >= 0.6 is 0 Å². The molecular formula is C25H43NOSi. The van der Waals surface area contributed by atoms with E-state index < -0.39 is 8.32 Å². The van der Waals surface area contributed by atoms with Gasteiger partial charge in [0, 0.05) is 31.8 Å². The first-order chi connectivity index (χ1) is 13.3. The van der Waals surface area contributed by atoms with Gasteiger partial charge in [-0.15, -0.1) is 11.8 Å². The van der Waals surface area contributed by atoms with E-state index in [4.69, 9.17) is 4.43 Å². The second-order valence-corrected chi connectivity index (χ2v) is 14.2. The van der Waals surface area contributed by atoms with Gasteiger partial charge < -0.3 is 4.43 Å². The van der Waals surface area contributed by atoms with E-state index in [0.717, 1.165) is 25.9 Å². The highest BCUT2D eigenvalue weighted by molar-refractivity contribution is 6.74. The van der Waals surface area contributed by atoms with E-state index in [1.54, 1.807) is 0 Å². The quantitative estimate of drug-likeness (QED) is 0.193. The Bertz CT molecular complexity index is 566. The molecule has 0 radical (unpaired) electrons. The van der Waals surface area contributed by atoms with Crippen molar-refractivity contribution in [2.24, 2.45) is 0 Å². The fourth-order valence-electron chi connectivity index (χ4n) is 2.85. The SMILES string of the molecule is CC(C)(C)[Si](C)(C)OCCCCCCCCCCC#CCCc1cccnc1. The van der Waals surface area contributed by atoms with Gasteiger partial charge in [-0.2, -0.15) is 0 Å². The summed E-state index contributed by atoms with van der Waals surface area (Å²) in [6.45, 7) is 12.6. The minimum absolute atomic E-state index is 0.330. The molecule has 0 aliphatic carbocycles. The molecule has 28 heavy (non-hydrogen) atoms. The summed E-state index contributed by atoms with van der Waals surface area (Å²) in [6.07, 6.45) is 17.3. The molecule has 1 rings (SSSR count). The Balaban J connectivity index is 1.86. The summed E-state index contributed by atoms with van der Waals surface area (Å²) < 4.78 is 6.24. The third-order valence-corrected chi connectivity index (χ3v) is 10.4. The van der Waals surface area contributed by atoms with Crippen molar-refractivity contribution in [2.75, 3.05) is 6.61 Å². The smallest absolute Gasteiger partial charge is 0.191 e. The molecule has 1 aromatic heterocycles. The lowest BCUT2D eigenvalue weighted by Crippen LogP contribution is -2.40. The standard InChI is InChI=1S/C25H43NOSi/c1-25(2,3)28(4,5)27-22-17-15-13-11-9-7-6-8-10-12-14-16-19-24-20-18-21-26-23-24/h18,20-21,23H,6-11,13,15-17,19,22H2,1-5H3. The van der Waals surface area contributed by atoms with E-state index in [1.807, 2.05) is 18.5 Å². The Kier molecular flexibility index (Phi) is 12.4. The van der Waals surface area contributed by atoms with E-state index >= 15 is 0 Å². The maximum absolute atomic E-state index is 6.24. The molecule has 1 aromatic rings. The van der Waals surface area contributed by atoms with Gasteiger partial charge in [-0.1, -0.05) is 65.4 Å². The number of aryl methyl sites for hydroxylation is 1. The zero-order valence-corrected chi connectivity index (χ0v) is 20.2. The van der Waals surface area contributed by atoms with Crippen molar-refractivity contribution in [2.45, 2.75) is 110 Å². The average Bonchev–Trinajstić information content (AvgIpc) is 2.64. The maximum Gasteiger partial charge on any atom is 0.191 e. The average molecular weight is 402 g/mol. The summed E-state index contributed by atoms with van der Waals surface area (Å²) in [4.78, 5) is 4.13. The molecule has 0 atom stereocenters. The summed E-state index contributed by atoms with van der Waals surface area (Å²) in [5.74, 6) is 6.62. The molecule has 0 unspecified atom stereocenters. The van der Waals surface area contributed by atoms with Crippen LogP contribution in [0, 0.1) is 11.8 Å². The topological polar surface area (TPSA) is 22.1 Å². The molecule has 0 amide bonds. The molecule has 0 aromatic carbocycles. The fourth-order valence-corrected chi connectivity index (χ4v) is 3.94. The van der Waals surface area contributed by atoms with E-state index in [9.17, 15) is 0 Å². The van der Waals surface area contributed by atoms with Crippen LogP contribution in [0.2, 0.25) is 18.1 Å². The lowest BCUT2D eigenvalue weighted by molar-refractivity contribution is 0.277. The summed E-state index contributed by atoms with van der Waals surface area (Å²) in [5.41, 5.74) is 1.28. The second-order valence-electron chi connectivity index (χ2n) is 9.40. The Hall–Kier alpha value is -1.11. The summed E-state index contributed by atoms with van der Waals surface area (Å²) in [7, 11) is -1.54. The van der Waals surface area contributed by atoms with Crippen LogP contribution in [0.5, 0.6) is 0 Å². The first kappa shape index (κ1) is 24.9. The minimum Gasteiger partial charge on any atom is -0.417 e. The Morgan fingerprint density at radius 1 is 0.893 bits per heavy atom. The minimum atomic E-state index is -1.54. The molecule has 2 nitrogen and oxygen atoms in total. The lowest BCUT2D eigenvalue weighted by atomic mass is 10.1. The molecule has 0 saturated carbocycles. The van der Waals surface area contributed by atoms with Crippen LogP contribution in [0.4, 0.5) is 0 Å². The normalized spacial score (nSPS) is 11.9. The zero-order chi connectivity index (χ0) is 20.7. The lowest BCUT2D eigenvalue weighted by Gasteiger charge is -2.36. The van der Waals surface area contributed by atoms with Gasteiger partial charge in [-0.3, -0.25) is 4.98 Å². The van der Waals surface area contributed by atoms with Crippen LogP contribution in [-0.2, 0) is 10.8 Å². The number of hydrogen-bond donors (Lipinski definition) is 0. The highest BCUT2D eigenvalue weighted by atomic mass is 28.4. The van der Waals surface area contributed by atoms with Gasteiger partial charge in [0.15, 0.2) is 8.32 Å². The Labute approximate surface area is 176 Å². The van der Waals surface area contributed by atoms with Crippen LogP contribution in [0.25, 0.3) is 0 Å². The van der Waals surface area contributed by atoms with Crippen molar-refractivity contribution in [1.29, 1.82) is 0 Å². The predicted octanol–water partition coefficient (Wildman–Crippen LogP) is 7.55. The molecule has 158 valence electrons. The highest BCUT2D eigenvalue weighted by Gasteiger charge is 2.36. The molecule has 0 bridgehead atoms. The van der Waals surface area contributed by atoms with Crippen molar-refractivity contribution in [3.05, 3.63) is 30.1 Å². The first-order valence-corrected chi connectivity index (χ1v) is 14.2. The number of nitrogens with zero attached hydrogens (tertiary/aromatic N) is 1. The maximum atomic E-state index is 6.24. The van der Waals surface area contributed by atoms with Crippen LogP contribution in [0.3, 0.4) is 0 Å². The monoisotopic (exact) mass is 401 g/mol. The predicted molar refractivity (Wildman–Crippen MR) is 125 cm³/mol. The third-order valence-electron chi connectivity index (χ3n) is 5.85. The summed E-state index contributed by atoms with van der Waals surface area (Å²) >= 11 is 0. The Morgan fingerprint density at radius 2 is 1.50 bits per heavy atom. The Morgan fingerprint density at radius 3 is 2.11 bits per heavy atom. The van der Waals surface area contributed by atoms with E-state index in [-0.39, 0.29) is 0 Å². The fraction of sp³-hybridized carbons (Fsp3) is 0.720. The summed E-state index contributed by atoms with van der Waals surface area (Å²) in [6, 6.07) is 4.11. The first-order valence-electron chi connectivity index (χ1n) is 11.3. The molecule has 0 N–H and O–H groups in total. The molecule has 0 aliphatic rings. The second kappa shape index (κ2) is 14.0.